The molecule has 0 saturated heterocycles. The highest BCUT2D eigenvalue weighted by molar-refractivity contribution is 6.04. The molecule has 0 radical (unpaired) electrons. The van der Waals surface area contributed by atoms with Crippen LogP contribution in [0.1, 0.15) is 35.7 Å². The molecule has 3 aromatic carbocycles. The number of carbonyl (C=O) groups excluding carboxylic acids is 1. The van der Waals surface area contributed by atoms with Crippen LogP contribution in [0.3, 0.4) is 0 Å². The summed E-state index contributed by atoms with van der Waals surface area (Å²) in [7, 11) is 0. The molecule has 1 amide bonds. The third-order valence-corrected chi connectivity index (χ3v) is 4.22. The van der Waals surface area contributed by atoms with E-state index < -0.39 is 0 Å². The molecule has 3 rings (SSSR count). The van der Waals surface area contributed by atoms with E-state index in [1.54, 1.807) is 12.1 Å². The molecule has 3 aromatic rings. The second-order valence-corrected chi connectivity index (χ2v) is 6.48. The standard InChI is InChI=1S/C24H25NO3/c1-2-3-16-27-23-11-7-10-20(17-23)24(26)25-21-12-14-22(15-13-21)28-18-19-8-5-4-6-9-19/h4-15,17H,2-3,16,18H2,1H3,(H,25,26). The minimum atomic E-state index is -0.168. The number of anilines is 1. The maximum atomic E-state index is 12.5. The molecule has 0 spiro atoms. The number of amides is 1. The lowest BCUT2D eigenvalue weighted by molar-refractivity contribution is 0.102. The first-order valence-corrected chi connectivity index (χ1v) is 9.55. The molecule has 0 heterocycles. The van der Waals surface area contributed by atoms with Crippen LogP contribution in [-0.4, -0.2) is 12.5 Å². The number of unbranched alkanes of at least 4 members (excludes halogenated alkanes) is 1. The number of carbonyl (C=O) groups is 1. The van der Waals surface area contributed by atoms with Gasteiger partial charge in [-0.3, -0.25) is 4.79 Å². The van der Waals surface area contributed by atoms with Gasteiger partial charge in [-0.2, -0.15) is 0 Å². The minimum absolute atomic E-state index is 0.168. The van der Waals surface area contributed by atoms with Gasteiger partial charge in [-0.1, -0.05) is 49.7 Å². The van der Waals surface area contributed by atoms with Crippen molar-refractivity contribution in [1.29, 1.82) is 0 Å². The number of hydrogen-bond donors (Lipinski definition) is 1. The first kappa shape index (κ1) is 19.5. The highest BCUT2D eigenvalue weighted by atomic mass is 16.5. The van der Waals surface area contributed by atoms with E-state index in [1.165, 1.54) is 0 Å². The SMILES string of the molecule is CCCCOc1cccc(C(=O)Nc2ccc(OCc3ccccc3)cc2)c1. The van der Waals surface area contributed by atoms with Crippen LogP contribution < -0.4 is 14.8 Å². The average Bonchev–Trinajstić information content (AvgIpc) is 2.74. The molecule has 28 heavy (non-hydrogen) atoms. The first-order chi connectivity index (χ1) is 13.7. The molecule has 144 valence electrons. The number of nitrogens with one attached hydrogen (secondary N) is 1. The Labute approximate surface area is 166 Å². The Morgan fingerprint density at radius 2 is 1.64 bits per heavy atom. The monoisotopic (exact) mass is 375 g/mol. The van der Waals surface area contributed by atoms with Crippen molar-refractivity contribution in [2.24, 2.45) is 0 Å². The molecular formula is C24H25NO3. The van der Waals surface area contributed by atoms with Gasteiger partial charge in [-0.15, -0.1) is 0 Å². The molecule has 0 unspecified atom stereocenters. The van der Waals surface area contributed by atoms with Crippen LogP contribution in [0.4, 0.5) is 5.69 Å². The van der Waals surface area contributed by atoms with Gasteiger partial charge in [0, 0.05) is 11.3 Å². The summed E-state index contributed by atoms with van der Waals surface area (Å²) in [5.41, 5.74) is 2.40. The molecule has 0 aliphatic heterocycles. The maximum Gasteiger partial charge on any atom is 0.255 e. The second kappa shape index (κ2) is 10.2. The van der Waals surface area contributed by atoms with Crippen molar-refractivity contribution in [3.05, 3.63) is 90.0 Å². The number of ether oxygens (including phenoxy) is 2. The molecule has 0 aromatic heterocycles. The largest absolute Gasteiger partial charge is 0.494 e. The van der Waals surface area contributed by atoms with E-state index in [0.29, 0.717) is 24.5 Å². The van der Waals surface area contributed by atoms with Crippen molar-refractivity contribution in [3.63, 3.8) is 0 Å². The summed E-state index contributed by atoms with van der Waals surface area (Å²) in [6.07, 6.45) is 2.07. The fourth-order valence-electron chi connectivity index (χ4n) is 2.64. The summed E-state index contributed by atoms with van der Waals surface area (Å²) < 4.78 is 11.4. The van der Waals surface area contributed by atoms with Crippen molar-refractivity contribution in [2.45, 2.75) is 26.4 Å². The lowest BCUT2D eigenvalue weighted by atomic mass is 10.2. The summed E-state index contributed by atoms with van der Waals surface area (Å²) in [5, 5.41) is 2.90. The molecule has 4 nitrogen and oxygen atoms in total. The number of rotatable bonds is 9. The quantitative estimate of drug-likeness (QED) is 0.488. The molecular weight excluding hydrogens is 350 g/mol. The van der Waals surface area contributed by atoms with Crippen molar-refractivity contribution in [1.82, 2.24) is 0 Å². The highest BCUT2D eigenvalue weighted by Gasteiger charge is 2.08. The van der Waals surface area contributed by atoms with Crippen LogP contribution in [0, 0.1) is 0 Å². The summed E-state index contributed by atoms with van der Waals surface area (Å²) in [5.74, 6) is 1.30. The Hall–Kier alpha value is -3.27. The number of hydrogen-bond acceptors (Lipinski definition) is 3. The molecule has 0 atom stereocenters. The Morgan fingerprint density at radius 1 is 0.857 bits per heavy atom. The fraction of sp³-hybridized carbons (Fsp3) is 0.208. The van der Waals surface area contributed by atoms with E-state index in [0.717, 1.165) is 29.8 Å². The van der Waals surface area contributed by atoms with E-state index in [2.05, 4.69) is 12.2 Å². The topological polar surface area (TPSA) is 47.6 Å². The maximum absolute atomic E-state index is 12.5. The van der Waals surface area contributed by atoms with Crippen molar-refractivity contribution < 1.29 is 14.3 Å². The Balaban J connectivity index is 1.54. The molecule has 0 aliphatic carbocycles. The van der Waals surface area contributed by atoms with Crippen LogP contribution in [-0.2, 0) is 6.61 Å². The molecule has 0 aliphatic rings. The predicted octanol–water partition coefficient (Wildman–Crippen LogP) is 5.70. The van der Waals surface area contributed by atoms with Crippen molar-refractivity contribution in [3.8, 4) is 11.5 Å². The van der Waals surface area contributed by atoms with Gasteiger partial charge < -0.3 is 14.8 Å². The minimum Gasteiger partial charge on any atom is -0.494 e. The first-order valence-electron chi connectivity index (χ1n) is 9.55. The molecule has 1 N–H and O–H groups in total. The van der Waals surface area contributed by atoms with Gasteiger partial charge in [0.2, 0.25) is 0 Å². The summed E-state index contributed by atoms with van der Waals surface area (Å²) in [6, 6.07) is 24.6. The normalized spacial score (nSPS) is 10.3. The van der Waals surface area contributed by atoms with Gasteiger partial charge in [-0.25, -0.2) is 0 Å². The lowest BCUT2D eigenvalue weighted by Crippen LogP contribution is -2.12. The molecule has 0 bridgehead atoms. The van der Waals surface area contributed by atoms with E-state index in [-0.39, 0.29) is 5.91 Å². The Morgan fingerprint density at radius 3 is 2.39 bits per heavy atom. The Bertz CT molecular complexity index is 876. The Kier molecular flexibility index (Phi) is 7.08. The predicted molar refractivity (Wildman–Crippen MR) is 112 cm³/mol. The zero-order chi connectivity index (χ0) is 19.6. The average molecular weight is 375 g/mol. The van der Waals surface area contributed by atoms with E-state index in [1.807, 2.05) is 66.7 Å². The zero-order valence-corrected chi connectivity index (χ0v) is 16.1. The smallest absolute Gasteiger partial charge is 0.255 e. The van der Waals surface area contributed by atoms with E-state index in [9.17, 15) is 4.79 Å². The second-order valence-electron chi connectivity index (χ2n) is 6.48. The zero-order valence-electron chi connectivity index (χ0n) is 16.1. The highest BCUT2D eigenvalue weighted by Crippen LogP contribution is 2.19. The lowest BCUT2D eigenvalue weighted by Gasteiger charge is -2.10. The summed E-state index contributed by atoms with van der Waals surface area (Å²) in [6.45, 7) is 3.29. The van der Waals surface area contributed by atoms with Gasteiger partial charge in [0.05, 0.1) is 6.61 Å². The van der Waals surface area contributed by atoms with Gasteiger partial charge in [-0.05, 0) is 54.4 Å². The molecule has 4 heteroatoms. The van der Waals surface area contributed by atoms with E-state index >= 15 is 0 Å². The van der Waals surface area contributed by atoms with Crippen LogP contribution in [0.2, 0.25) is 0 Å². The third kappa shape index (κ3) is 5.88. The van der Waals surface area contributed by atoms with Gasteiger partial charge in [0.25, 0.3) is 5.91 Å². The van der Waals surface area contributed by atoms with Crippen LogP contribution >= 0.6 is 0 Å². The third-order valence-electron chi connectivity index (χ3n) is 4.22. The van der Waals surface area contributed by atoms with Crippen LogP contribution in [0.15, 0.2) is 78.9 Å². The molecule has 0 saturated carbocycles. The fourth-order valence-corrected chi connectivity index (χ4v) is 2.64. The summed E-state index contributed by atoms with van der Waals surface area (Å²) >= 11 is 0. The van der Waals surface area contributed by atoms with Gasteiger partial charge in [0.1, 0.15) is 18.1 Å². The van der Waals surface area contributed by atoms with Crippen LogP contribution in [0.5, 0.6) is 11.5 Å². The van der Waals surface area contributed by atoms with Gasteiger partial charge >= 0.3 is 0 Å². The summed E-state index contributed by atoms with van der Waals surface area (Å²) in [4.78, 5) is 12.5. The van der Waals surface area contributed by atoms with Crippen molar-refractivity contribution >= 4 is 11.6 Å². The van der Waals surface area contributed by atoms with Crippen LogP contribution in [0.25, 0.3) is 0 Å². The van der Waals surface area contributed by atoms with Crippen molar-refractivity contribution in [2.75, 3.05) is 11.9 Å². The van der Waals surface area contributed by atoms with Gasteiger partial charge in [0.15, 0.2) is 0 Å². The number of benzene rings is 3. The molecule has 0 fully saturated rings. The van der Waals surface area contributed by atoms with E-state index in [4.69, 9.17) is 9.47 Å².